The minimum Gasteiger partial charge on any atom is -0.314 e. The van der Waals surface area contributed by atoms with E-state index >= 15 is 0 Å². The zero-order valence-corrected chi connectivity index (χ0v) is 8.91. The minimum atomic E-state index is -3.25. The highest BCUT2D eigenvalue weighted by atomic mass is 32.2. The third kappa shape index (κ3) is 2.88. The van der Waals surface area contributed by atoms with E-state index in [0.29, 0.717) is 12.8 Å². The van der Waals surface area contributed by atoms with Gasteiger partial charge in [0.2, 0.25) is 0 Å². The van der Waals surface area contributed by atoms with Crippen LogP contribution in [-0.2, 0) is 9.84 Å². The van der Waals surface area contributed by atoms with Gasteiger partial charge in [0.15, 0.2) is 9.84 Å². The van der Waals surface area contributed by atoms with Crippen molar-refractivity contribution in [2.24, 2.45) is 0 Å². The Bertz CT molecular complexity index is 290. The highest BCUT2D eigenvalue weighted by Gasteiger charge is 2.40. The average molecular weight is 227 g/mol. The molecule has 0 amide bonds. The van der Waals surface area contributed by atoms with Gasteiger partial charge in [-0.15, -0.1) is 0 Å². The van der Waals surface area contributed by atoms with Gasteiger partial charge >= 0.3 is 0 Å². The van der Waals surface area contributed by atoms with Gasteiger partial charge in [0, 0.05) is 6.42 Å². The fourth-order valence-electron chi connectivity index (χ4n) is 1.75. The van der Waals surface area contributed by atoms with Crippen molar-refractivity contribution >= 4 is 9.84 Å². The van der Waals surface area contributed by atoms with Crippen LogP contribution < -0.4 is 5.32 Å². The van der Waals surface area contributed by atoms with E-state index in [1.54, 1.807) is 0 Å². The van der Waals surface area contributed by atoms with Crippen LogP contribution in [0.1, 0.15) is 19.3 Å². The summed E-state index contributed by atoms with van der Waals surface area (Å²) in [7, 11) is -1.82. The summed E-state index contributed by atoms with van der Waals surface area (Å²) in [6.07, 6.45) is 0.348. The maximum atomic E-state index is 13.1. The lowest BCUT2D eigenvalue weighted by Gasteiger charge is -2.19. The molecule has 0 aromatic rings. The summed E-state index contributed by atoms with van der Waals surface area (Å²) in [5.41, 5.74) is 0. The first-order valence-electron chi connectivity index (χ1n) is 4.61. The molecule has 14 heavy (non-hydrogen) atoms. The summed E-state index contributed by atoms with van der Waals surface area (Å²) in [6.45, 7) is -0.459. The van der Waals surface area contributed by atoms with Crippen molar-refractivity contribution in [3.63, 3.8) is 0 Å². The minimum absolute atomic E-state index is 0.0628. The van der Waals surface area contributed by atoms with E-state index in [2.05, 4.69) is 5.32 Å². The van der Waals surface area contributed by atoms with Gasteiger partial charge in [0.25, 0.3) is 5.92 Å². The Hall–Kier alpha value is -0.230. The van der Waals surface area contributed by atoms with Crippen LogP contribution in [0.15, 0.2) is 0 Å². The van der Waals surface area contributed by atoms with E-state index in [9.17, 15) is 17.2 Å². The Balaban J connectivity index is 2.60. The molecule has 1 saturated heterocycles. The second-order valence-corrected chi connectivity index (χ2v) is 6.12. The number of hydrogen-bond acceptors (Lipinski definition) is 3. The van der Waals surface area contributed by atoms with Gasteiger partial charge in [-0.2, -0.15) is 0 Å². The first-order chi connectivity index (χ1) is 6.37. The van der Waals surface area contributed by atoms with E-state index in [-0.39, 0.29) is 5.75 Å². The van der Waals surface area contributed by atoms with Crippen LogP contribution in [0.2, 0.25) is 0 Å². The van der Waals surface area contributed by atoms with Gasteiger partial charge in [-0.1, -0.05) is 0 Å². The molecule has 0 aromatic carbocycles. The molecule has 1 fully saturated rings. The average Bonchev–Trinajstić information content (AvgIpc) is 2.29. The largest absolute Gasteiger partial charge is 0.314 e. The molecule has 1 aliphatic heterocycles. The number of hydrogen-bond donors (Lipinski definition) is 1. The Morgan fingerprint density at radius 1 is 1.50 bits per heavy atom. The summed E-state index contributed by atoms with van der Waals surface area (Å²) in [4.78, 5) is 0. The monoisotopic (exact) mass is 227 g/mol. The predicted molar refractivity (Wildman–Crippen MR) is 50.3 cm³/mol. The molecule has 0 saturated carbocycles. The third-order valence-electron chi connectivity index (χ3n) is 2.42. The summed E-state index contributed by atoms with van der Waals surface area (Å²) in [5.74, 6) is -2.86. The molecule has 3 nitrogen and oxygen atoms in total. The van der Waals surface area contributed by atoms with E-state index in [0.717, 1.165) is 0 Å². The molecule has 1 heterocycles. The molecule has 0 spiro atoms. The van der Waals surface area contributed by atoms with E-state index in [4.69, 9.17) is 0 Å². The summed E-state index contributed by atoms with van der Waals surface area (Å²) >= 11 is 0. The second kappa shape index (κ2) is 4.10. The lowest BCUT2D eigenvalue weighted by Crippen LogP contribution is -2.35. The maximum absolute atomic E-state index is 13.1. The molecular weight excluding hydrogens is 212 g/mol. The molecule has 0 bridgehead atoms. The molecule has 84 valence electrons. The van der Waals surface area contributed by atoms with Crippen molar-refractivity contribution in [2.75, 3.05) is 19.3 Å². The number of alkyl halides is 2. The fraction of sp³-hybridized carbons (Fsp3) is 1.00. The van der Waals surface area contributed by atoms with Gasteiger partial charge in [0.1, 0.15) is 0 Å². The fourth-order valence-corrected chi connectivity index (χ4v) is 3.68. The lowest BCUT2D eigenvalue weighted by atomic mass is 10.1. The third-order valence-corrected chi connectivity index (χ3v) is 4.70. The van der Waals surface area contributed by atoms with Crippen LogP contribution in [0.4, 0.5) is 8.78 Å². The number of nitrogens with one attached hydrogen (secondary N) is 1. The van der Waals surface area contributed by atoms with Gasteiger partial charge in [0.05, 0.1) is 17.5 Å². The Labute approximate surface area is 82.8 Å². The van der Waals surface area contributed by atoms with Crippen molar-refractivity contribution in [1.82, 2.24) is 5.32 Å². The summed E-state index contributed by atoms with van der Waals surface area (Å²) in [6, 6.07) is 0. The second-order valence-electron chi connectivity index (χ2n) is 3.72. The highest BCUT2D eigenvalue weighted by Crippen LogP contribution is 2.30. The Morgan fingerprint density at radius 2 is 2.14 bits per heavy atom. The Kier molecular flexibility index (Phi) is 3.47. The Morgan fingerprint density at radius 3 is 2.57 bits per heavy atom. The molecule has 1 N–H and O–H groups in total. The molecule has 0 aliphatic carbocycles. The molecule has 1 rings (SSSR count). The zero-order chi connectivity index (χ0) is 10.8. The van der Waals surface area contributed by atoms with Gasteiger partial charge < -0.3 is 5.32 Å². The van der Waals surface area contributed by atoms with Crippen molar-refractivity contribution in [3.05, 3.63) is 0 Å². The van der Waals surface area contributed by atoms with E-state index in [1.165, 1.54) is 7.05 Å². The van der Waals surface area contributed by atoms with Crippen molar-refractivity contribution < 1.29 is 17.2 Å². The van der Waals surface area contributed by atoms with Crippen LogP contribution >= 0.6 is 0 Å². The molecule has 6 heteroatoms. The first kappa shape index (κ1) is 11.8. The molecule has 0 aromatic heterocycles. The lowest BCUT2D eigenvalue weighted by molar-refractivity contribution is -0.00549. The van der Waals surface area contributed by atoms with Crippen LogP contribution in [0.5, 0.6) is 0 Å². The number of sulfone groups is 1. The quantitative estimate of drug-likeness (QED) is 0.773. The van der Waals surface area contributed by atoms with Crippen LogP contribution in [0.25, 0.3) is 0 Å². The van der Waals surface area contributed by atoms with Crippen LogP contribution in [0.3, 0.4) is 0 Å². The standard InChI is InChI=1S/C8H15F2NO2S/c1-11-6-8(9,10)5-7-3-2-4-14(7,12)13/h7,11H,2-6H2,1H3. The molecule has 1 unspecified atom stereocenters. The van der Waals surface area contributed by atoms with Gasteiger partial charge in [-0.3, -0.25) is 0 Å². The van der Waals surface area contributed by atoms with Crippen molar-refractivity contribution in [1.29, 1.82) is 0 Å². The van der Waals surface area contributed by atoms with Crippen molar-refractivity contribution in [3.8, 4) is 0 Å². The number of halogens is 2. The zero-order valence-electron chi connectivity index (χ0n) is 8.09. The molecule has 1 aliphatic rings. The highest BCUT2D eigenvalue weighted by molar-refractivity contribution is 7.92. The van der Waals surface area contributed by atoms with E-state index < -0.39 is 34.0 Å². The summed E-state index contributed by atoms with van der Waals surface area (Å²) in [5, 5.41) is 1.52. The number of rotatable bonds is 4. The topological polar surface area (TPSA) is 46.2 Å². The summed E-state index contributed by atoms with van der Waals surface area (Å²) < 4.78 is 48.8. The molecule has 0 radical (unpaired) electrons. The van der Waals surface area contributed by atoms with Gasteiger partial charge in [-0.25, -0.2) is 17.2 Å². The molecular formula is C8H15F2NO2S. The smallest absolute Gasteiger partial charge is 0.261 e. The van der Waals surface area contributed by atoms with Crippen molar-refractivity contribution in [2.45, 2.75) is 30.4 Å². The van der Waals surface area contributed by atoms with Crippen LogP contribution in [-0.4, -0.2) is 38.9 Å². The molecule has 1 atom stereocenters. The first-order valence-corrected chi connectivity index (χ1v) is 6.33. The normalized spacial score (nSPS) is 26.6. The predicted octanol–water partition coefficient (Wildman–Crippen LogP) is 0.808. The van der Waals surface area contributed by atoms with E-state index in [1.807, 2.05) is 0 Å². The maximum Gasteiger partial charge on any atom is 0.261 e. The van der Waals surface area contributed by atoms with Gasteiger partial charge in [-0.05, 0) is 19.9 Å². The van der Waals surface area contributed by atoms with Crippen LogP contribution in [0, 0.1) is 0 Å². The SMILES string of the molecule is CNCC(F)(F)CC1CCCS1(=O)=O.